The number of rotatable bonds is 55. The van der Waals surface area contributed by atoms with Gasteiger partial charge in [0.25, 0.3) is 0 Å². The summed E-state index contributed by atoms with van der Waals surface area (Å²) in [5, 5.41) is 72.5. The van der Waals surface area contributed by atoms with Crippen molar-refractivity contribution in [1.82, 2.24) is 0 Å². The van der Waals surface area contributed by atoms with Crippen molar-refractivity contribution < 1.29 is 69.0 Å². The Kier molecular flexibility index (Phi) is 49.0. The summed E-state index contributed by atoms with van der Waals surface area (Å²) in [7, 11) is 0. The molecule has 0 aromatic heterocycles. The molecule has 0 bridgehead atoms. The first-order chi connectivity index (χ1) is 39.1. The van der Waals surface area contributed by atoms with Gasteiger partial charge in [-0.15, -0.1) is 0 Å². The molecule has 0 radical (unpaired) electrons. The molecule has 7 N–H and O–H groups in total. The fraction of sp³-hybridized carbons (Fsp3) is 0.894. The van der Waals surface area contributed by atoms with Crippen molar-refractivity contribution in [1.29, 1.82) is 0 Å². The zero-order valence-corrected chi connectivity index (χ0v) is 50.8. The standard InChI is InChI=1S/C66H122O14/c1-3-5-7-9-11-13-15-17-19-21-23-25-27-28-30-32-34-36-38-40-42-44-46-48-50-75-52-55(53-76-65-64(74)62(72)60(70)57(80-65)54-77-66-63(73)61(71)59(69)56(51-67)79-66)78-58(68)49-47-45-43-41-39-37-35-33-31-29-26-24-22-20-18-16-14-12-10-8-6-4-2/h15,17,21,23,27-28,55-57,59-67,69-74H,3-14,16,18-20,22,24-26,29-54H2,1-2H3/b17-15-,23-21-,28-27-. The molecule has 80 heavy (non-hydrogen) atoms. The maximum absolute atomic E-state index is 13.1. The Hall–Kier alpha value is -1.79. The van der Waals surface area contributed by atoms with Crippen LogP contribution in [0.1, 0.15) is 277 Å². The third kappa shape index (κ3) is 38.2. The Labute approximate surface area is 487 Å². The lowest BCUT2D eigenvalue weighted by molar-refractivity contribution is -0.332. The lowest BCUT2D eigenvalue weighted by atomic mass is 9.98. The topological polar surface area (TPSA) is 214 Å². The third-order valence-electron chi connectivity index (χ3n) is 15.9. The second-order valence-corrected chi connectivity index (χ2v) is 23.3. The molecule has 0 aromatic rings. The molecule has 0 spiro atoms. The number of hydrogen-bond donors (Lipinski definition) is 7. The molecule has 2 rings (SSSR count). The molecule has 2 aliphatic rings. The minimum Gasteiger partial charge on any atom is -0.457 e. The highest BCUT2D eigenvalue weighted by molar-refractivity contribution is 5.69. The van der Waals surface area contributed by atoms with Gasteiger partial charge < -0.3 is 64.2 Å². The number of aliphatic hydroxyl groups is 7. The highest BCUT2D eigenvalue weighted by Crippen LogP contribution is 2.27. The van der Waals surface area contributed by atoms with E-state index in [9.17, 15) is 40.5 Å². The van der Waals surface area contributed by atoms with Gasteiger partial charge >= 0.3 is 5.97 Å². The van der Waals surface area contributed by atoms with Crippen molar-refractivity contribution in [3.63, 3.8) is 0 Å². The molecular weight excluding hydrogens is 1020 g/mol. The maximum Gasteiger partial charge on any atom is 0.306 e. The van der Waals surface area contributed by atoms with Crippen molar-refractivity contribution in [3.8, 4) is 0 Å². The summed E-state index contributed by atoms with van der Waals surface area (Å²) in [4.78, 5) is 13.1. The van der Waals surface area contributed by atoms with Gasteiger partial charge in [-0.25, -0.2) is 0 Å². The Balaban J connectivity index is 1.66. The highest BCUT2D eigenvalue weighted by Gasteiger charge is 2.47. The van der Waals surface area contributed by atoms with Crippen LogP contribution in [0.15, 0.2) is 36.5 Å². The summed E-state index contributed by atoms with van der Waals surface area (Å²) in [5.74, 6) is -0.372. The molecule has 14 heteroatoms. The fourth-order valence-electron chi connectivity index (χ4n) is 10.6. The largest absolute Gasteiger partial charge is 0.457 e. The summed E-state index contributed by atoms with van der Waals surface area (Å²) in [5.41, 5.74) is 0. The van der Waals surface area contributed by atoms with E-state index < -0.39 is 80.7 Å². The van der Waals surface area contributed by atoms with E-state index in [4.69, 9.17) is 28.4 Å². The van der Waals surface area contributed by atoms with Gasteiger partial charge in [-0.05, 0) is 51.4 Å². The average molecular weight is 1140 g/mol. The normalized spacial score (nSPS) is 24.0. The van der Waals surface area contributed by atoms with E-state index in [0.29, 0.717) is 13.0 Å². The van der Waals surface area contributed by atoms with Gasteiger partial charge in [-0.2, -0.15) is 0 Å². The van der Waals surface area contributed by atoms with E-state index >= 15 is 0 Å². The molecular formula is C66H122O14. The second-order valence-electron chi connectivity index (χ2n) is 23.3. The van der Waals surface area contributed by atoms with E-state index in [1.165, 1.54) is 193 Å². The fourth-order valence-corrected chi connectivity index (χ4v) is 10.6. The maximum atomic E-state index is 13.1. The molecule has 11 unspecified atom stereocenters. The number of ether oxygens (including phenoxy) is 6. The van der Waals surface area contributed by atoms with Crippen LogP contribution in [0.4, 0.5) is 0 Å². The van der Waals surface area contributed by atoms with E-state index in [-0.39, 0.29) is 25.6 Å². The van der Waals surface area contributed by atoms with E-state index in [0.717, 1.165) is 57.8 Å². The van der Waals surface area contributed by atoms with Gasteiger partial charge in [0, 0.05) is 13.0 Å². The van der Waals surface area contributed by atoms with Crippen LogP contribution in [0, 0.1) is 0 Å². The monoisotopic (exact) mass is 1140 g/mol. The molecule has 0 saturated carbocycles. The van der Waals surface area contributed by atoms with Crippen molar-refractivity contribution in [2.75, 3.05) is 33.0 Å². The molecule has 2 fully saturated rings. The van der Waals surface area contributed by atoms with Crippen LogP contribution in [0.3, 0.4) is 0 Å². The first-order valence-corrected chi connectivity index (χ1v) is 33.1. The Bertz CT molecular complexity index is 1460. The minimum absolute atomic E-state index is 0.0611. The Morgan fingerprint density at radius 1 is 0.412 bits per heavy atom. The van der Waals surface area contributed by atoms with Crippen LogP contribution in [0.5, 0.6) is 0 Å². The molecule has 2 aliphatic heterocycles. The van der Waals surface area contributed by atoms with Gasteiger partial charge in [0.1, 0.15) is 54.9 Å². The number of allylic oxidation sites excluding steroid dienone is 6. The summed E-state index contributed by atoms with van der Waals surface area (Å²) in [6.45, 7) is 3.72. The van der Waals surface area contributed by atoms with Gasteiger partial charge in [0.05, 0.1) is 26.4 Å². The van der Waals surface area contributed by atoms with Crippen LogP contribution in [0.2, 0.25) is 0 Å². The number of carbonyl (C=O) groups is 1. The van der Waals surface area contributed by atoms with Gasteiger partial charge in [0.2, 0.25) is 0 Å². The smallest absolute Gasteiger partial charge is 0.306 e. The molecule has 11 atom stereocenters. The van der Waals surface area contributed by atoms with E-state index in [1.54, 1.807) is 0 Å². The predicted octanol–water partition coefficient (Wildman–Crippen LogP) is 13.3. The van der Waals surface area contributed by atoms with Crippen molar-refractivity contribution >= 4 is 5.97 Å². The summed E-state index contributed by atoms with van der Waals surface area (Å²) in [6.07, 6.45) is 47.8. The predicted molar refractivity (Wildman–Crippen MR) is 321 cm³/mol. The van der Waals surface area contributed by atoms with Crippen LogP contribution >= 0.6 is 0 Å². The number of esters is 1. The van der Waals surface area contributed by atoms with Gasteiger partial charge in [-0.3, -0.25) is 4.79 Å². The third-order valence-corrected chi connectivity index (χ3v) is 15.9. The highest BCUT2D eigenvalue weighted by atomic mass is 16.7. The number of carbonyl (C=O) groups excluding carboxylic acids is 1. The van der Waals surface area contributed by atoms with Crippen LogP contribution in [-0.2, 0) is 33.2 Å². The van der Waals surface area contributed by atoms with Crippen LogP contribution in [0.25, 0.3) is 0 Å². The number of unbranched alkanes of at least 4 members (excludes halogenated alkanes) is 35. The summed E-state index contributed by atoms with van der Waals surface area (Å²) < 4.78 is 34.5. The summed E-state index contributed by atoms with van der Waals surface area (Å²) >= 11 is 0. The SMILES string of the molecule is CCCCCCC/C=C\C/C=C\C/C=C\CCCCCCCCCCCOCC(COC1OC(COC2OC(CO)C(O)C(O)C2O)C(O)C(O)C1O)OC(=O)CCCCCCCCCCCCCCCCCCCCCCCC. The van der Waals surface area contributed by atoms with E-state index in [2.05, 4.69) is 50.3 Å². The molecule has 470 valence electrons. The summed E-state index contributed by atoms with van der Waals surface area (Å²) in [6, 6.07) is 0. The minimum atomic E-state index is -1.71. The van der Waals surface area contributed by atoms with Gasteiger partial charge in [0.15, 0.2) is 12.6 Å². The molecule has 0 aromatic carbocycles. The van der Waals surface area contributed by atoms with Crippen molar-refractivity contribution in [2.45, 2.75) is 345 Å². The Morgan fingerprint density at radius 3 is 1.21 bits per heavy atom. The molecule has 14 nitrogen and oxygen atoms in total. The van der Waals surface area contributed by atoms with Crippen molar-refractivity contribution in [2.24, 2.45) is 0 Å². The van der Waals surface area contributed by atoms with Gasteiger partial charge in [-0.1, -0.05) is 256 Å². The number of aliphatic hydroxyl groups excluding tert-OH is 7. The lowest BCUT2D eigenvalue weighted by Crippen LogP contribution is -2.61. The quantitative estimate of drug-likeness (QED) is 0.0172. The van der Waals surface area contributed by atoms with Crippen LogP contribution < -0.4 is 0 Å². The lowest BCUT2D eigenvalue weighted by Gasteiger charge is -2.42. The Morgan fingerprint density at radius 2 is 0.775 bits per heavy atom. The second kappa shape index (κ2) is 52.7. The first-order valence-electron chi connectivity index (χ1n) is 33.1. The number of hydrogen-bond acceptors (Lipinski definition) is 14. The average Bonchev–Trinajstić information content (AvgIpc) is 3.52. The molecule has 2 saturated heterocycles. The zero-order valence-electron chi connectivity index (χ0n) is 50.8. The first kappa shape index (κ1) is 74.3. The molecule has 0 aliphatic carbocycles. The molecule has 0 amide bonds. The molecule has 2 heterocycles. The van der Waals surface area contributed by atoms with E-state index in [1.807, 2.05) is 0 Å². The zero-order chi connectivity index (χ0) is 57.9. The van der Waals surface area contributed by atoms with Crippen LogP contribution in [-0.4, -0.2) is 142 Å². The van der Waals surface area contributed by atoms with Crippen molar-refractivity contribution in [3.05, 3.63) is 36.5 Å².